The summed E-state index contributed by atoms with van der Waals surface area (Å²) in [5, 5.41) is 10.2. The summed E-state index contributed by atoms with van der Waals surface area (Å²) in [6.45, 7) is 0.938. The molecule has 1 aromatic heterocycles. The zero-order valence-corrected chi connectivity index (χ0v) is 21.9. The maximum Gasteiger partial charge on any atom is 0.291 e. The minimum atomic E-state index is -4.14. The molecular weight excluding hydrogens is 557 g/mol. The van der Waals surface area contributed by atoms with Gasteiger partial charge in [0.1, 0.15) is 0 Å². The highest BCUT2D eigenvalue weighted by atomic mass is 35.5. The van der Waals surface area contributed by atoms with Gasteiger partial charge in [0.25, 0.3) is 20.3 Å². The Hall–Kier alpha value is -2.29. The number of sulfonamides is 2. The highest BCUT2D eigenvalue weighted by Gasteiger charge is 2.26. The van der Waals surface area contributed by atoms with Crippen LogP contribution in [0.4, 0.5) is 10.8 Å². The fraction of sp³-hybridized carbons (Fsp3) is 0.250. The van der Waals surface area contributed by atoms with E-state index in [2.05, 4.69) is 20.2 Å². The number of benzene rings is 2. The van der Waals surface area contributed by atoms with Crippen molar-refractivity contribution in [1.82, 2.24) is 14.5 Å². The van der Waals surface area contributed by atoms with Gasteiger partial charge in [0.2, 0.25) is 15.2 Å². The number of rotatable bonds is 7. The van der Waals surface area contributed by atoms with Crippen molar-refractivity contribution in [3.8, 4) is 0 Å². The molecule has 2 aromatic carbocycles. The van der Waals surface area contributed by atoms with Crippen molar-refractivity contribution < 1.29 is 21.6 Å². The van der Waals surface area contributed by atoms with Gasteiger partial charge < -0.3 is 0 Å². The molecule has 0 radical (unpaired) electrons. The second-order valence-electron chi connectivity index (χ2n) is 7.55. The summed E-state index contributed by atoms with van der Waals surface area (Å²) in [5.74, 6) is -0.606. The van der Waals surface area contributed by atoms with Crippen LogP contribution in [0.2, 0.25) is 10.0 Å². The van der Waals surface area contributed by atoms with Crippen molar-refractivity contribution in [2.75, 3.05) is 23.1 Å². The molecule has 15 heteroatoms. The van der Waals surface area contributed by atoms with Gasteiger partial charge in [-0.3, -0.25) is 14.8 Å². The van der Waals surface area contributed by atoms with Gasteiger partial charge in [-0.1, -0.05) is 41.0 Å². The summed E-state index contributed by atoms with van der Waals surface area (Å²) < 4.78 is 54.3. The van der Waals surface area contributed by atoms with E-state index in [1.807, 2.05) is 0 Å². The van der Waals surface area contributed by atoms with E-state index >= 15 is 0 Å². The van der Waals surface area contributed by atoms with Crippen LogP contribution in [-0.2, 0) is 20.0 Å². The topological polar surface area (TPSA) is 138 Å². The smallest absolute Gasteiger partial charge is 0.291 e. The number of hydrogen-bond donors (Lipinski definition) is 2. The number of carbonyl (C=O) groups is 1. The lowest BCUT2D eigenvalue weighted by Crippen LogP contribution is -2.35. The number of anilines is 2. The minimum absolute atomic E-state index is 0.0515. The summed E-state index contributed by atoms with van der Waals surface area (Å²) in [7, 11) is -7.77. The average molecular weight is 577 g/mol. The molecule has 4 rings (SSSR count). The summed E-state index contributed by atoms with van der Waals surface area (Å²) >= 11 is 12.5. The number of hydrogen-bond acceptors (Lipinski definition) is 8. The Morgan fingerprint density at radius 2 is 1.63 bits per heavy atom. The van der Waals surface area contributed by atoms with Crippen LogP contribution in [0.25, 0.3) is 0 Å². The average Bonchev–Trinajstić information content (AvgIpc) is 3.29. The van der Waals surface area contributed by atoms with Gasteiger partial charge in [-0.15, -0.1) is 10.2 Å². The van der Waals surface area contributed by atoms with E-state index in [0.717, 1.165) is 19.3 Å². The first-order chi connectivity index (χ1) is 16.6. The van der Waals surface area contributed by atoms with E-state index in [-0.39, 0.29) is 30.6 Å². The first kappa shape index (κ1) is 25.8. The summed E-state index contributed by atoms with van der Waals surface area (Å²) in [5.41, 5.74) is 0.282. The van der Waals surface area contributed by atoms with Gasteiger partial charge in [-0.05, 0) is 55.3 Å². The molecule has 1 saturated heterocycles. The molecule has 0 saturated carbocycles. The van der Waals surface area contributed by atoms with Crippen LogP contribution in [0.15, 0.2) is 51.7 Å². The molecule has 186 valence electrons. The molecule has 0 spiro atoms. The first-order valence-electron chi connectivity index (χ1n) is 10.3. The molecule has 1 aliphatic heterocycles. The zero-order valence-electron chi connectivity index (χ0n) is 17.9. The predicted octanol–water partition coefficient (Wildman–Crippen LogP) is 4.07. The maximum atomic E-state index is 12.8. The Morgan fingerprint density at radius 3 is 2.29 bits per heavy atom. The van der Waals surface area contributed by atoms with E-state index in [9.17, 15) is 21.6 Å². The molecule has 10 nitrogen and oxygen atoms in total. The van der Waals surface area contributed by atoms with Gasteiger partial charge >= 0.3 is 0 Å². The highest BCUT2D eigenvalue weighted by Crippen LogP contribution is 2.27. The summed E-state index contributed by atoms with van der Waals surface area (Å²) in [6.07, 6.45) is 2.63. The molecule has 0 bridgehead atoms. The van der Waals surface area contributed by atoms with Crippen molar-refractivity contribution in [3.63, 3.8) is 0 Å². The van der Waals surface area contributed by atoms with Crippen molar-refractivity contribution in [3.05, 3.63) is 58.1 Å². The molecule has 2 heterocycles. The Balaban J connectivity index is 1.44. The molecule has 0 aliphatic carbocycles. The van der Waals surface area contributed by atoms with Crippen molar-refractivity contribution in [1.29, 1.82) is 0 Å². The second kappa shape index (κ2) is 10.4. The third-order valence-corrected chi connectivity index (χ3v) is 10.1. The summed E-state index contributed by atoms with van der Waals surface area (Å²) in [6, 6.07) is 9.75. The number of halogens is 2. The van der Waals surface area contributed by atoms with Crippen LogP contribution >= 0.6 is 34.5 Å². The number of aromatic nitrogens is 2. The third-order valence-electron chi connectivity index (χ3n) is 5.09. The minimum Gasteiger partial charge on any atom is -0.296 e. The zero-order chi connectivity index (χ0) is 25.2. The van der Waals surface area contributed by atoms with E-state index in [1.54, 1.807) is 0 Å². The molecular formula is C20H19Cl2N5O5S3. The maximum absolute atomic E-state index is 12.8. The number of nitrogens with one attached hydrogen (secondary N) is 2. The SMILES string of the molecule is O=C(Nc1nnc(S(=O)(=O)Nc2ccc(S(=O)(=O)N3CCCCC3)cc2)s1)c1ccc(Cl)cc1Cl. The van der Waals surface area contributed by atoms with Crippen LogP contribution in [0, 0.1) is 0 Å². The molecule has 0 atom stereocenters. The van der Waals surface area contributed by atoms with Crippen LogP contribution in [0.5, 0.6) is 0 Å². The number of nitrogens with zero attached hydrogens (tertiary/aromatic N) is 3. The molecule has 1 aliphatic rings. The van der Waals surface area contributed by atoms with E-state index < -0.39 is 26.0 Å². The standard InChI is InChI=1S/C20H19Cl2N5O5S3/c21-13-4-9-16(17(22)12-13)18(28)23-19-24-25-20(33-19)34(29,30)26-14-5-7-15(8-6-14)35(31,32)27-10-2-1-3-11-27/h4-9,12,26H,1-3,10-11H2,(H,23,24,28). The third kappa shape index (κ3) is 5.93. The first-order valence-corrected chi connectivity index (χ1v) is 14.8. The number of piperidine rings is 1. The van der Waals surface area contributed by atoms with Crippen molar-refractivity contribution in [2.24, 2.45) is 0 Å². The second-order valence-corrected chi connectivity index (χ2v) is 13.2. The lowest BCUT2D eigenvalue weighted by atomic mass is 10.2. The summed E-state index contributed by atoms with van der Waals surface area (Å²) in [4.78, 5) is 12.5. The lowest BCUT2D eigenvalue weighted by Gasteiger charge is -2.25. The molecule has 3 aromatic rings. The Morgan fingerprint density at radius 1 is 0.943 bits per heavy atom. The molecule has 35 heavy (non-hydrogen) atoms. The Bertz CT molecular complexity index is 1450. The Kier molecular flexibility index (Phi) is 7.64. The van der Waals surface area contributed by atoms with Crippen LogP contribution in [-0.4, -0.2) is 50.3 Å². The number of amides is 1. The van der Waals surface area contributed by atoms with Gasteiger partial charge in [-0.25, -0.2) is 8.42 Å². The normalized spacial score (nSPS) is 15.0. The lowest BCUT2D eigenvalue weighted by molar-refractivity contribution is 0.102. The van der Waals surface area contributed by atoms with Gasteiger partial charge in [0.15, 0.2) is 0 Å². The molecule has 1 fully saturated rings. The Labute approximate surface area is 216 Å². The van der Waals surface area contributed by atoms with Gasteiger partial charge in [0.05, 0.1) is 15.5 Å². The molecule has 0 unspecified atom stereocenters. The quantitative estimate of drug-likeness (QED) is 0.405. The van der Waals surface area contributed by atoms with Crippen LogP contribution < -0.4 is 10.0 Å². The van der Waals surface area contributed by atoms with Crippen molar-refractivity contribution in [2.45, 2.75) is 28.5 Å². The van der Waals surface area contributed by atoms with E-state index in [4.69, 9.17) is 23.2 Å². The van der Waals surface area contributed by atoms with E-state index in [0.29, 0.717) is 29.4 Å². The van der Waals surface area contributed by atoms with Crippen molar-refractivity contribution >= 4 is 71.3 Å². The number of carbonyl (C=O) groups excluding carboxylic acids is 1. The van der Waals surface area contributed by atoms with E-state index in [1.165, 1.54) is 46.8 Å². The molecule has 2 N–H and O–H groups in total. The van der Waals surface area contributed by atoms with Gasteiger partial charge in [0, 0.05) is 23.8 Å². The van der Waals surface area contributed by atoms with Crippen LogP contribution in [0.1, 0.15) is 29.6 Å². The predicted molar refractivity (Wildman–Crippen MR) is 134 cm³/mol. The highest BCUT2D eigenvalue weighted by molar-refractivity contribution is 7.94. The molecule has 1 amide bonds. The largest absolute Gasteiger partial charge is 0.296 e. The fourth-order valence-electron chi connectivity index (χ4n) is 3.36. The monoisotopic (exact) mass is 575 g/mol. The van der Waals surface area contributed by atoms with Gasteiger partial charge in [-0.2, -0.15) is 12.7 Å². The fourth-order valence-corrected chi connectivity index (χ4v) is 7.32. The van der Waals surface area contributed by atoms with Crippen LogP contribution in [0.3, 0.4) is 0 Å².